The van der Waals surface area contributed by atoms with Crippen LogP contribution in [0.15, 0.2) is 11.6 Å². The van der Waals surface area contributed by atoms with Crippen molar-refractivity contribution in [2.45, 2.75) is 12.5 Å². The Kier molecular flexibility index (Phi) is 3.62. The molecule has 1 saturated heterocycles. The van der Waals surface area contributed by atoms with Gasteiger partial charge in [0, 0.05) is 17.6 Å². The summed E-state index contributed by atoms with van der Waals surface area (Å²) >= 11 is 1.19. The number of carbonyl (C=O) groups is 2. The predicted molar refractivity (Wildman–Crippen MR) is 65.9 cm³/mol. The van der Waals surface area contributed by atoms with E-state index in [2.05, 4.69) is 15.6 Å². The maximum atomic E-state index is 11.5. The molecule has 1 aromatic rings. The molecule has 0 aromatic carbocycles. The highest BCUT2D eigenvalue weighted by Gasteiger charge is 2.30. The van der Waals surface area contributed by atoms with Gasteiger partial charge in [0.15, 0.2) is 15.0 Å². The van der Waals surface area contributed by atoms with Crippen LogP contribution < -0.4 is 10.6 Å². The minimum absolute atomic E-state index is 0.0477. The Balaban J connectivity index is 1.87. The van der Waals surface area contributed by atoms with Gasteiger partial charge in [-0.1, -0.05) is 0 Å². The molecule has 1 aliphatic heterocycles. The number of thiazole rings is 1. The van der Waals surface area contributed by atoms with Crippen molar-refractivity contribution in [2.24, 2.45) is 0 Å². The van der Waals surface area contributed by atoms with E-state index in [-0.39, 0.29) is 11.5 Å². The first-order valence-electron chi connectivity index (χ1n) is 5.18. The van der Waals surface area contributed by atoms with Gasteiger partial charge in [0.25, 0.3) is 0 Å². The van der Waals surface area contributed by atoms with E-state index in [0.29, 0.717) is 11.6 Å². The van der Waals surface area contributed by atoms with Crippen LogP contribution in [0.3, 0.4) is 0 Å². The van der Waals surface area contributed by atoms with E-state index < -0.39 is 27.7 Å². The van der Waals surface area contributed by atoms with Crippen molar-refractivity contribution in [3.63, 3.8) is 0 Å². The number of hydrogen-bond donors (Lipinski definition) is 2. The molecule has 2 amide bonds. The van der Waals surface area contributed by atoms with Crippen molar-refractivity contribution >= 4 is 38.1 Å². The second kappa shape index (κ2) is 5.02. The van der Waals surface area contributed by atoms with E-state index in [4.69, 9.17) is 0 Å². The first-order valence-corrected chi connectivity index (χ1v) is 7.88. The maximum Gasteiger partial charge on any atom is 0.315 e. The zero-order valence-corrected chi connectivity index (χ0v) is 10.9. The number of sulfone groups is 1. The van der Waals surface area contributed by atoms with E-state index in [0.717, 1.165) is 0 Å². The zero-order valence-electron chi connectivity index (χ0n) is 9.25. The van der Waals surface area contributed by atoms with Gasteiger partial charge < -0.3 is 5.32 Å². The molecule has 1 aliphatic rings. The Hall–Kier alpha value is -1.48. The lowest BCUT2D eigenvalue weighted by Gasteiger charge is -2.09. The molecular formula is C9H11N3O4S2. The van der Waals surface area contributed by atoms with E-state index in [1.54, 1.807) is 5.38 Å². The zero-order chi connectivity index (χ0) is 13.2. The Morgan fingerprint density at radius 3 is 2.72 bits per heavy atom. The van der Waals surface area contributed by atoms with E-state index in [1.807, 2.05) is 0 Å². The second-order valence-corrected chi connectivity index (χ2v) is 6.99. The van der Waals surface area contributed by atoms with Crippen molar-refractivity contribution in [2.75, 3.05) is 16.8 Å². The second-order valence-electron chi connectivity index (χ2n) is 3.86. The number of anilines is 1. The number of rotatable bonds is 2. The first-order chi connectivity index (χ1) is 8.46. The number of nitrogens with zero attached hydrogens (tertiary/aromatic N) is 1. The van der Waals surface area contributed by atoms with Crippen LogP contribution in [0, 0.1) is 0 Å². The van der Waals surface area contributed by atoms with Crippen molar-refractivity contribution in [1.82, 2.24) is 10.3 Å². The molecule has 0 radical (unpaired) electrons. The van der Waals surface area contributed by atoms with Crippen LogP contribution in [0.2, 0.25) is 0 Å². The number of amides is 2. The number of nitrogens with one attached hydrogen (secondary N) is 2. The van der Waals surface area contributed by atoms with Crippen LogP contribution in [0.5, 0.6) is 0 Å². The summed E-state index contributed by atoms with van der Waals surface area (Å²) in [5.74, 6) is -1.74. The standard InChI is InChI=1S/C9H11N3O4S2/c13-7(8(14)12-9-10-2-3-17-9)11-6-1-4-18(15,16)5-6/h2-3,6H,1,4-5H2,(H,11,13)(H,10,12,14). The molecule has 1 atom stereocenters. The largest absolute Gasteiger partial charge is 0.344 e. The first kappa shape index (κ1) is 13.0. The summed E-state index contributed by atoms with van der Waals surface area (Å²) in [7, 11) is -3.07. The average molecular weight is 289 g/mol. The van der Waals surface area contributed by atoms with E-state index in [9.17, 15) is 18.0 Å². The van der Waals surface area contributed by atoms with Gasteiger partial charge in [0.05, 0.1) is 11.5 Å². The molecule has 0 aliphatic carbocycles. The van der Waals surface area contributed by atoms with E-state index in [1.165, 1.54) is 17.5 Å². The Morgan fingerprint density at radius 2 is 2.17 bits per heavy atom. The molecule has 98 valence electrons. The summed E-state index contributed by atoms with van der Waals surface area (Å²) in [4.78, 5) is 26.8. The van der Waals surface area contributed by atoms with Gasteiger partial charge in [0.1, 0.15) is 0 Å². The molecule has 9 heteroatoms. The molecule has 1 unspecified atom stereocenters. The van der Waals surface area contributed by atoms with Crippen LogP contribution in [0.1, 0.15) is 6.42 Å². The molecule has 0 spiro atoms. The van der Waals surface area contributed by atoms with Crippen molar-refractivity contribution < 1.29 is 18.0 Å². The average Bonchev–Trinajstić information content (AvgIpc) is 2.88. The van der Waals surface area contributed by atoms with Crippen LogP contribution in [-0.2, 0) is 19.4 Å². The smallest absolute Gasteiger partial charge is 0.315 e. The third kappa shape index (κ3) is 3.26. The highest BCUT2D eigenvalue weighted by Crippen LogP contribution is 2.12. The third-order valence-corrected chi connectivity index (χ3v) is 4.88. The van der Waals surface area contributed by atoms with Crippen molar-refractivity contribution in [1.29, 1.82) is 0 Å². The normalized spacial score (nSPS) is 21.4. The van der Waals surface area contributed by atoms with Gasteiger partial charge in [-0.25, -0.2) is 13.4 Å². The molecule has 7 nitrogen and oxygen atoms in total. The van der Waals surface area contributed by atoms with Crippen LogP contribution in [0.25, 0.3) is 0 Å². The van der Waals surface area contributed by atoms with Crippen molar-refractivity contribution in [3.8, 4) is 0 Å². The van der Waals surface area contributed by atoms with Gasteiger partial charge in [-0.15, -0.1) is 11.3 Å². The van der Waals surface area contributed by atoms with Crippen molar-refractivity contribution in [3.05, 3.63) is 11.6 Å². The Morgan fingerprint density at radius 1 is 1.39 bits per heavy atom. The summed E-state index contributed by atoms with van der Waals surface area (Å²) in [6.45, 7) is 0. The quantitative estimate of drug-likeness (QED) is 0.706. The molecule has 0 bridgehead atoms. The van der Waals surface area contributed by atoms with Gasteiger partial charge in [-0.2, -0.15) is 0 Å². The molecule has 2 heterocycles. The van der Waals surface area contributed by atoms with E-state index >= 15 is 0 Å². The fourth-order valence-electron chi connectivity index (χ4n) is 1.60. The molecule has 2 rings (SSSR count). The number of aromatic nitrogens is 1. The number of hydrogen-bond acceptors (Lipinski definition) is 6. The van der Waals surface area contributed by atoms with Crippen LogP contribution >= 0.6 is 11.3 Å². The molecular weight excluding hydrogens is 278 g/mol. The molecule has 18 heavy (non-hydrogen) atoms. The highest BCUT2D eigenvalue weighted by atomic mass is 32.2. The topological polar surface area (TPSA) is 105 Å². The third-order valence-electron chi connectivity index (χ3n) is 2.43. The SMILES string of the molecule is O=C(Nc1nccs1)C(=O)NC1CCS(=O)(=O)C1. The Bertz CT molecular complexity index is 552. The van der Waals surface area contributed by atoms with Gasteiger partial charge in [0.2, 0.25) is 0 Å². The maximum absolute atomic E-state index is 11.5. The minimum Gasteiger partial charge on any atom is -0.344 e. The molecule has 1 fully saturated rings. The summed E-state index contributed by atoms with van der Waals surface area (Å²) in [6.07, 6.45) is 1.85. The fourth-order valence-corrected chi connectivity index (χ4v) is 3.80. The monoisotopic (exact) mass is 289 g/mol. The predicted octanol–water partition coefficient (Wildman–Crippen LogP) is -0.615. The fraction of sp³-hybridized carbons (Fsp3) is 0.444. The summed E-state index contributed by atoms with van der Waals surface area (Å²) in [5, 5.41) is 6.71. The lowest BCUT2D eigenvalue weighted by molar-refractivity contribution is -0.136. The van der Waals surface area contributed by atoms with Gasteiger partial charge in [-0.3, -0.25) is 14.9 Å². The minimum atomic E-state index is -3.07. The van der Waals surface area contributed by atoms with Gasteiger partial charge >= 0.3 is 11.8 Å². The lowest BCUT2D eigenvalue weighted by Crippen LogP contribution is -2.42. The van der Waals surface area contributed by atoms with Crippen LogP contribution in [-0.4, -0.2) is 42.8 Å². The summed E-state index contributed by atoms with van der Waals surface area (Å²) in [5.41, 5.74) is 0. The van der Waals surface area contributed by atoms with Crippen LogP contribution in [0.4, 0.5) is 5.13 Å². The van der Waals surface area contributed by atoms with Gasteiger partial charge in [-0.05, 0) is 6.42 Å². The number of carbonyl (C=O) groups excluding carboxylic acids is 2. The molecule has 1 aromatic heterocycles. The lowest BCUT2D eigenvalue weighted by atomic mass is 10.2. The molecule has 2 N–H and O–H groups in total. The summed E-state index contributed by atoms with van der Waals surface area (Å²) < 4.78 is 22.4. The Labute approximate surface area is 108 Å². The highest BCUT2D eigenvalue weighted by molar-refractivity contribution is 7.91. The summed E-state index contributed by atoms with van der Waals surface area (Å²) in [6, 6.07) is -0.482. The molecule has 0 saturated carbocycles.